The lowest BCUT2D eigenvalue weighted by molar-refractivity contribution is -0.131. The van der Waals surface area contributed by atoms with Crippen molar-refractivity contribution in [3.05, 3.63) is 66.0 Å². The van der Waals surface area contributed by atoms with Crippen LogP contribution in [0.15, 0.2) is 54.6 Å². The van der Waals surface area contributed by atoms with E-state index in [2.05, 4.69) is 0 Å². The van der Waals surface area contributed by atoms with Crippen LogP contribution in [0.2, 0.25) is 0 Å². The van der Waals surface area contributed by atoms with E-state index in [1.165, 1.54) is 12.1 Å². The number of hydrogen-bond donors (Lipinski definition) is 1. The monoisotopic (exact) mass is 242 g/mol. The molecular formula is C15H11FO2. The highest BCUT2D eigenvalue weighted by molar-refractivity contribution is 5.85. The predicted octanol–water partition coefficient (Wildman–Crippen LogP) is 3.59. The molecule has 0 spiro atoms. The van der Waals surface area contributed by atoms with Gasteiger partial charge in [-0.15, -0.1) is 0 Å². The van der Waals surface area contributed by atoms with Crippen LogP contribution in [0.4, 0.5) is 4.39 Å². The molecule has 2 nitrogen and oxygen atoms in total. The summed E-state index contributed by atoms with van der Waals surface area (Å²) in [4.78, 5) is 10.4. The van der Waals surface area contributed by atoms with Gasteiger partial charge in [0.05, 0.1) is 0 Å². The first-order valence-corrected chi connectivity index (χ1v) is 5.43. The fourth-order valence-corrected chi connectivity index (χ4v) is 1.65. The molecule has 0 aromatic heterocycles. The molecule has 0 aliphatic rings. The molecule has 0 aliphatic heterocycles. The van der Waals surface area contributed by atoms with E-state index in [4.69, 9.17) is 5.11 Å². The van der Waals surface area contributed by atoms with Crippen LogP contribution in [0.1, 0.15) is 5.56 Å². The van der Waals surface area contributed by atoms with Crippen LogP contribution in [-0.2, 0) is 4.79 Å². The maximum Gasteiger partial charge on any atom is 0.328 e. The summed E-state index contributed by atoms with van der Waals surface area (Å²) in [7, 11) is 0. The Morgan fingerprint density at radius 3 is 2.44 bits per heavy atom. The minimum Gasteiger partial charge on any atom is -0.478 e. The number of halogens is 1. The first-order chi connectivity index (χ1) is 8.66. The number of benzene rings is 2. The lowest BCUT2D eigenvalue weighted by Crippen LogP contribution is -1.88. The molecular weight excluding hydrogens is 231 g/mol. The lowest BCUT2D eigenvalue weighted by atomic mass is 10.0. The molecule has 0 aliphatic carbocycles. The smallest absolute Gasteiger partial charge is 0.328 e. The zero-order valence-corrected chi connectivity index (χ0v) is 9.51. The largest absolute Gasteiger partial charge is 0.478 e. The summed E-state index contributed by atoms with van der Waals surface area (Å²) in [5.74, 6) is -1.42. The third-order valence-corrected chi connectivity index (χ3v) is 2.50. The summed E-state index contributed by atoms with van der Waals surface area (Å²) in [6.45, 7) is 0. The Labute approximate surface area is 104 Å². The summed E-state index contributed by atoms with van der Waals surface area (Å²) in [5, 5.41) is 8.50. The Balaban J connectivity index is 2.34. The summed E-state index contributed by atoms with van der Waals surface area (Å²) < 4.78 is 13.9. The molecule has 18 heavy (non-hydrogen) atoms. The van der Waals surface area contributed by atoms with Gasteiger partial charge in [-0.1, -0.05) is 42.5 Å². The van der Waals surface area contributed by atoms with E-state index < -0.39 is 5.97 Å². The molecule has 0 unspecified atom stereocenters. The van der Waals surface area contributed by atoms with Gasteiger partial charge in [0.2, 0.25) is 0 Å². The minimum absolute atomic E-state index is 0.367. The van der Waals surface area contributed by atoms with E-state index >= 15 is 0 Å². The van der Waals surface area contributed by atoms with Gasteiger partial charge in [0, 0.05) is 11.6 Å². The van der Waals surface area contributed by atoms with E-state index in [-0.39, 0.29) is 5.82 Å². The van der Waals surface area contributed by atoms with E-state index in [0.29, 0.717) is 11.1 Å². The second-order valence-corrected chi connectivity index (χ2v) is 3.78. The Morgan fingerprint density at radius 1 is 1.11 bits per heavy atom. The second-order valence-electron chi connectivity index (χ2n) is 3.78. The van der Waals surface area contributed by atoms with Gasteiger partial charge in [-0.2, -0.15) is 0 Å². The predicted molar refractivity (Wildman–Crippen MR) is 68.5 cm³/mol. The fraction of sp³-hybridized carbons (Fsp3) is 0. The molecule has 0 radical (unpaired) electrons. The van der Waals surface area contributed by atoms with Crippen molar-refractivity contribution in [2.75, 3.05) is 0 Å². The van der Waals surface area contributed by atoms with Crippen molar-refractivity contribution in [2.45, 2.75) is 0 Å². The van der Waals surface area contributed by atoms with Gasteiger partial charge in [0.15, 0.2) is 0 Å². The maximum atomic E-state index is 13.9. The Morgan fingerprint density at radius 2 is 1.83 bits per heavy atom. The number of aliphatic carboxylic acids is 1. The normalized spacial score (nSPS) is 10.7. The number of carbonyl (C=O) groups is 1. The molecule has 1 N–H and O–H groups in total. The molecule has 2 aromatic rings. The standard InChI is InChI=1S/C15H11FO2/c16-14-10-11(7-9-15(17)18)6-8-13(14)12-4-2-1-3-5-12/h1-10H,(H,17,18)/b9-7+. The molecule has 2 rings (SSSR count). The van der Waals surface area contributed by atoms with Crippen LogP contribution in [0.5, 0.6) is 0 Å². The highest BCUT2D eigenvalue weighted by atomic mass is 19.1. The van der Waals surface area contributed by atoms with Crippen LogP contribution in [0, 0.1) is 5.82 Å². The van der Waals surface area contributed by atoms with Crippen LogP contribution in [0.3, 0.4) is 0 Å². The molecule has 0 saturated heterocycles. The minimum atomic E-state index is -1.05. The van der Waals surface area contributed by atoms with E-state index in [1.807, 2.05) is 30.3 Å². The van der Waals surface area contributed by atoms with E-state index in [9.17, 15) is 9.18 Å². The first-order valence-electron chi connectivity index (χ1n) is 5.43. The van der Waals surface area contributed by atoms with Gasteiger partial charge in [0.25, 0.3) is 0 Å². The molecule has 0 atom stereocenters. The van der Waals surface area contributed by atoms with Crippen LogP contribution in [-0.4, -0.2) is 11.1 Å². The average Bonchev–Trinajstić information content (AvgIpc) is 2.37. The summed E-state index contributed by atoms with van der Waals surface area (Å²) >= 11 is 0. The lowest BCUT2D eigenvalue weighted by Gasteiger charge is -2.04. The topological polar surface area (TPSA) is 37.3 Å². The number of carboxylic acids is 1. The van der Waals surface area contributed by atoms with E-state index in [0.717, 1.165) is 11.6 Å². The molecule has 2 aromatic carbocycles. The van der Waals surface area contributed by atoms with Gasteiger partial charge in [-0.25, -0.2) is 9.18 Å². The quantitative estimate of drug-likeness (QED) is 0.835. The van der Waals surface area contributed by atoms with Crippen molar-refractivity contribution >= 4 is 12.0 Å². The summed E-state index contributed by atoms with van der Waals surface area (Å²) in [5.41, 5.74) is 1.82. The van der Waals surface area contributed by atoms with Gasteiger partial charge >= 0.3 is 5.97 Å². The van der Waals surface area contributed by atoms with Crippen molar-refractivity contribution in [2.24, 2.45) is 0 Å². The third kappa shape index (κ3) is 2.83. The van der Waals surface area contributed by atoms with Gasteiger partial charge < -0.3 is 5.11 Å². The number of rotatable bonds is 3. The third-order valence-electron chi connectivity index (χ3n) is 2.50. The summed E-state index contributed by atoms with van der Waals surface area (Å²) in [6, 6.07) is 13.8. The molecule has 90 valence electrons. The summed E-state index contributed by atoms with van der Waals surface area (Å²) in [6.07, 6.45) is 2.34. The van der Waals surface area contributed by atoms with Crippen LogP contribution in [0.25, 0.3) is 17.2 Å². The molecule has 0 bridgehead atoms. The molecule has 0 heterocycles. The SMILES string of the molecule is O=C(O)/C=C/c1ccc(-c2ccccc2)c(F)c1. The highest BCUT2D eigenvalue weighted by Crippen LogP contribution is 2.23. The van der Waals surface area contributed by atoms with Crippen LogP contribution >= 0.6 is 0 Å². The molecule has 0 saturated carbocycles. The maximum absolute atomic E-state index is 13.9. The second kappa shape index (κ2) is 5.27. The molecule has 0 fully saturated rings. The Kier molecular flexibility index (Phi) is 3.53. The highest BCUT2D eigenvalue weighted by Gasteiger charge is 2.04. The van der Waals surface area contributed by atoms with Crippen molar-refractivity contribution in [1.82, 2.24) is 0 Å². The van der Waals surface area contributed by atoms with Crippen molar-refractivity contribution in [3.8, 4) is 11.1 Å². The average molecular weight is 242 g/mol. The van der Waals surface area contributed by atoms with Gasteiger partial charge in [-0.05, 0) is 23.3 Å². The number of hydrogen-bond acceptors (Lipinski definition) is 1. The first kappa shape index (κ1) is 12.0. The molecule has 3 heteroatoms. The fourth-order valence-electron chi connectivity index (χ4n) is 1.65. The van der Waals surface area contributed by atoms with E-state index in [1.54, 1.807) is 12.1 Å². The zero-order valence-electron chi connectivity index (χ0n) is 9.51. The molecule has 0 amide bonds. The Hall–Kier alpha value is -2.42. The van der Waals surface area contributed by atoms with Crippen molar-refractivity contribution in [3.63, 3.8) is 0 Å². The zero-order chi connectivity index (χ0) is 13.0. The van der Waals surface area contributed by atoms with Crippen molar-refractivity contribution < 1.29 is 14.3 Å². The van der Waals surface area contributed by atoms with Crippen molar-refractivity contribution in [1.29, 1.82) is 0 Å². The van der Waals surface area contributed by atoms with Gasteiger partial charge in [-0.3, -0.25) is 0 Å². The van der Waals surface area contributed by atoms with Gasteiger partial charge in [0.1, 0.15) is 5.82 Å². The number of carboxylic acid groups (broad SMARTS) is 1. The van der Waals surface area contributed by atoms with Crippen LogP contribution < -0.4 is 0 Å². The Bertz CT molecular complexity index is 589.